The molecule has 1 amide bonds. The van der Waals surface area contributed by atoms with E-state index in [1.54, 1.807) is 18.5 Å². The van der Waals surface area contributed by atoms with Crippen molar-refractivity contribution >= 4 is 16.8 Å². The lowest BCUT2D eigenvalue weighted by Gasteiger charge is -2.12. The highest BCUT2D eigenvalue weighted by atomic mass is 16.3. The number of aromatic amines is 1. The van der Waals surface area contributed by atoms with Crippen molar-refractivity contribution in [2.24, 2.45) is 0 Å². The van der Waals surface area contributed by atoms with Crippen molar-refractivity contribution in [1.82, 2.24) is 20.5 Å². The molecular weight excluding hydrogens is 340 g/mol. The predicted molar refractivity (Wildman–Crippen MR) is 103 cm³/mol. The molecule has 0 bridgehead atoms. The maximum Gasteiger partial charge on any atom is 0.252 e. The molecule has 2 heterocycles. The highest BCUT2D eigenvalue weighted by Gasteiger charge is 2.12. The summed E-state index contributed by atoms with van der Waals surface area (Å²) in [5.74, 6) is -0.274. The number of carbonyl (C=O) groups is 1. The normalized spacial score (nSPS) is 12.0. The molecule has 2 aromatic heterocycles. The van der Waals surface area contributed by atoms with Gasteiger partial charge in [-0.25, -0.2) is 0 Å². The van der Waals surface area contributed by atoms with Crippen LogP contribution in [-0.2, 0) is 0 Å². The number of amides is 1. The average Bonchev–Trinajstić information content (AvgIpc) is 3.20. The Morgan fingerprint density at radius 2 is 1.89 bits per heavy atom. The summed E-state index contributed by atoms with van der Waals surface area (Å²) in [5, 5.41) is 20.9. The quantitative estimate of drug-likeness (QED) is 0.511. The van der Waals surface area contributed by atoms with Gasteiger partial charge in [0.2, 0.25) is 0 Å². The molecule has 0 aliphatic rings. The highest BCUT2D eigenvalue weighted by Crippen LogP contribution is 2.23. The number of nitrogens with one attached hydrogen (secondary N) is 2. The lowest BCUT2D eigenvalue weighted by Crippen LogP contribution is -2.28. The van der Waals surface area contributed by atoms with Crippen molar-refractivity contribution in [2.75, 3.05) is 6.54 Å². The van der Waals surface area contributed by atoms with Crippen LogP contribution in [0.4, 0.5) is 0 Å². The van der Waals surface area contributed by atoms with Crippen LogP contribution in [0.2, 0.25) is 0 Å². The Morgan fingerprint density at radius 1 is 1.04 bits per heavy atom. The van der Waals surface area contributed by atoms with Crippen molar-refractivity contribution in [2.45, 2.75) is 6.10 Å². The van der Waals surface area contributed by atoms with E-state index in [1.807, 2.05) is 48.5 Å². The van der Waals surface area contributed by atoms with Gasteiger partial charge in [0, 0.05) is 29.9 Å². The van der Waals surface area contributed by atoms with Crippen LogP contribution >= 0.6 is 0 Å². The SMILES string of the molecule is O=C(NC[C@H](O)c1ccccc1)c1cncc(-c2ccc3[nH]ncc3c2)c1. The molecule has 2 aromatic carbocycles. The van der Waals surface area contributed by atoms with E-state index in [0.717, 1.165) is 27.6 Å². The molecule has 0 aliphatic heterocycles. The number of aromatic nitrogens is 3. The number of aliphatic hydroxyl groups excluding tert-OH is 1. The van der Waals surface area contributed by atoms with Crippen LogP contribution in [0.1, 0.15) is 22.0 Å². The number of fused-ring (bicyclic) bond motifs is 1. The average molecular weight is 358 g/mol. The Hall–Kier alpha value is -3.51. The van der Waals surface area contributed by atoms with E-state index in [0.29, 0.717) is 5.56 Å². The summed E-state index contributed by atoms with van der Waals surface area (Å²) in [5.41, 5.74) is 3.96. The number of nitrogens with zero attached hydrogens (tertiary/aromatic N) is 2. The number of rotatable bonds is 5. The minimum absolute atomic E-state index is 0.133. The van der Waals surface area contributed by atoms with Crippen molar-refractivity contribution in [1.29, 1.82) is 0 Å². The molecule has 0 aliphatic carbocycles. The standard InChI is InChI=1S/C21H18N4O2/c26-20(14-4-2-1-3-5-14)13-23-21(27)18-9-16(10-22-11-18)15-6-7-19-17(8-15)12-24-25-19/h1-12,20,26H,13H2,(H,23,27)(H,24,25)/t20-/m0/s1. The van der Waals surface area contributed by atoms with Gasteiger partial charge in [-0.1, -0.05) is 36.4 Å². The maximum atomic E-state index is 12.5. The number of pyridine rings is 1. The number of H-pyrrole nitrogens is 1. The van der Waals surface area contributed by atoms with Crippen LogP contribution in [0.15, 0.2) is 73.2 Å². The Kier molecular flexibility index (Phi) is 4.63. The first-order valence-electron chi connectivity index (χ1n) is 8.60. The first-order valence-corrected chi connectivity index (χ1v) is 8.60. The molecule has 0 fully saturated rings. The van der Waals surface area contributed by atoms with Gasteiger partial charge in [-0.05, 0) is 29.3 Å². The number of hydrogen-bond donors (Lipinski definition) is 3. The number of aliphatic hydroxyl groups is 1. The first-order chi connectivity index (χ1) is 13.2. The van der Waals surface area contributed by atoms with Gasteiger partial charge in [0.25, 0.3) is 5.91 Å². The van der Waals surface area contributed by atoms with E-state index in [9.17, 15) is 9.90 Å². The predicted octanol–water partition coefficient (Wildman–Crippen LogP) is 3.09. The summed E-state index contributed by atoms with van der Waals surface area (Å²) in [6, 6.07) is 16.9. The lowest BCUT2D eigenvalue weighted by molar-refractivity contribution is 0.0916. The second kappa shape index (κ2) is 7.39. The van der Waals surface area contributed by atoms with Gasteiger partial charge in [0.05, 0.1) is 23.4 Å². The third kappa shape index (κ3) is 3.70. The first kappa shape index (κ1) is 16.9. The van der Waals surface area contributed by atoms with Gasteiger partial charge >= 0.3 is 0 Å². The van der Waals surface area contributed by atoms with Gasteiger partial charge in [0.1, 0.15) is 0 Å². The van der Waals surface area contributed by atoms with Gasteiger partial charge in [0.15, 0.2) is 0 Å². The smallest absolute Gasteiger partial charge is 0.252 e. The van der Waals surface area contributed by atoms with E-state index < -0.39 is 6.10 Å². The molecule has 134 valence electrons. The van der Waals surface area contributed by atoms with Crippen LogP contribution in [0, 0.1) is 0 Å². The molecule has 1 atom stereocenters. The highest BCUT2D eigenvalue weighted by molar-refractivity contribution is 5.95. The maximum absolute atomic E-state index is 12.5. The molecular formula is C21H18N4O2. The van der Waals surface area contributed by atoms with Crippen LogP contribution in [-0.4, -0.2) is 32.7 Å². The van der Waals surface area contributed by atoms with Crippen molar-refractivity contribution in [3.63, 3.8) is 0 Å². The zero-order chi connectivity index (χ0) is 18.6. The number of benzene rings is 2. The lowest BCUT2D eigenvalue weighted by atomic mass is 10.0. The summed E-state index contributed by atoms with van der Waals surface area (Å²) >= 11 is 0. The van der Waals surface area contributed by atoms with Crippen LogP contribution in [0.25, 0.3) is 22.0 Å². The van der Waals surface area contributed by atoms with Crippen molar-refractivity contribution in [3.8, 4) is 11.1 Å². The third-order valence-electron chi connectivity index (χ3n) is 4.41. The Bertz CT molecular complexity index is 1080. The zero-order valence-electron chi connectivity index (χ0n) is 14.5. The zero-order valence-corrected chi connectivity index (χ0v) is 14.5. The Labute approximate surface area is 155 Å². The second-order valence-electron chi connectivity index (χ2n) is 6.27. The van der Waals surface area contributed by atoms with Gasteiger partial charge in [-0.3, -0.25) is 14.9 Å². The molecule has 0 saturated carbocycles. The fraction of sp³-hybridized carbons (Fsp3) is 0.0952. The number of carbonyl (C=O) groups excluding carboxylic acids is 1. The molecule has 0 radical (unpaired) electrons. The minimum Gasteiger partial charge on any atom is -0.387 e. The van der Waals surface area contributed by atoms with Gasteiger partial charge < -0.3 is 10.4 Å². The fourth-order valence-electron chi connectivity index (χ4n) is 2.93. The summed E-state index contributed by atoms with van der Waals surface area (Å²) < 4.78 is 0. The third-order valence-corrected chi connectivity index (χ3v) is 4.41. The molecule has 0 saturated heterocycles. The largest absolute Gasteiger partial charge is 0.387 e. The molecule has 4 aromatic rings. The molecule has 0 spiro atoms. The molecule has 27 heavy (non-hydrogen) atoms. The molecule has 6 nitrogen and oxygen atoms in total. The Balaban J connectivity index is 1.49. The topological polar surface area (TPSA) is 90.9 Å². The van der Waals surface area contributed by atoms with E-state index in [4.69, 9.17) is 0 Å². The second-order valence-corrected chi connectivity index (χ2v) is 6.27. The van der Waals surface area contributed by atoms with Crippen LogP contribution in [0.3, 0.4) is 0 Å². The van der Waals surface area contributed by atoms with E-state index in [1.165, 1.54) is 6.20 Å². The Morgan fingerprint density at radius 3 is 2.74 bits per heavy atom. The van der Waals surface area contributed by atoms with Crippen LogP contribution < -0.4 is 5.32 Å². The molecule has 6 heteroatoms. The van der Waals surface area contributed by atoms with Crippen molar-refractivity contribution in [3.05, 3.63) is 84.3 Å². The van der Waals surface area contributed by atoms with Crippen molar-refractivity contribution < 1.29 is 9.90 Å². The molecule has 3 N–H and O–H groups in total. The minimum atomic E-state index is -0.755. The number of hydrogen-bond acceptors (Lipinski definition) is 4. The summed E-state index contributed by atoms with van der Waals surface area (Å²) in [7, 11) is 0. The molecule has 4 rings (SSSR count). The van der Waals surface area contributed by atoms with E-state index >= 15 is 0 Å². The van der Waals surface area contributed by atoms with Gasteiger partial charge in [-0.2, -0.15) is 5.10 Å². The van der Waals surface area contributed by atoms with Gasteiger partial charge in [-0.15, -0.1) is 0 Å². The van der Waals surface area contributed by atoms with E-state index in [2.05, 4.69) is 20.5 Å². The summed E-state index contributed by atoms with van der Waals surface area (Å²) in [6.07, 6.45) is 4.24. The van der Waals surface area contributed by atoms with Crippen LogP contribution in [0.5, 0.6) is 0 Å². The summed E-state index contributed by atoms with van der Waals surface area (Å²) in [6.45, 7) is 0.133. The fourth-order valence-corrected chi connectivity index (χ4v) is 2.93. The van der Waals surface area contributed by atoms with E-state index in [-0.39, 0.29) is 12.5 Å². The monoisotopic (exact) mass is 358 g/mol. The summed E-state index contributed by atoms with van der Waals surface area (Å²) in [4.78, 5) is 16.6. The molecule has 0 unspecified atom stereocenters.